The molecule has 0 spiro atoms. The van der Waals surface area contributed by atoms with E-state index in [0.717, 1.165) is 26.9 Å². The Morgan fingerprint density at radius 2 is 1.95 bits per heavy atom. The third-order valence-corrected chi connectivity index (χ3v) is 3.77. The fourth-order valence-corrected chi connectivity index (χ4v) is 2.75. The molecular weight excluding hydrogens is 261 g/mol. The minimum Gasteiger partial charge on any atom is -0.330 e. The topological polar surface area (TPSA) is 37.8 Å². The summed E-state index contributed by atoms with van der Waals surface area (Å²) in [5.74, 6) is -0.266. The number of rotatable bonds is 2. The Morgan fingerprint density at radius 1 is 1.11 bits per heavy atom. The third-order valence-electron chi connectivity index (χ3n) is 2.82. The monoisotopic (exact) mass is 273 g/mol. The quantitative estimate of drug-likeness (QED) is 0.760. The van der Waals surface area contributed by atoms with Crippen LogP contribution in [-0.4, -0.2) is 9.97 Å². The van der Waals surface area contributed by atoms with Crippen molar-refractivity contribution in [2.24, 2.45) is 0 Å². The molecule has 0 fully saturated rings. The number of thiazole rings is 1. The Balaban J connectivity index is 1.96. The van der Waals surface area contributed by atoms with Crippen molar-refractivity contribution >= 4 is 32.4 Å². The molecule has 2 heterocycles. The summed E-state index contributed by atoms with van der Waals surface area (Å²) < 4.78 is 14.1. The first kappa shape index (κ1) is 12.0. The number of hydrogen-bond donors (Lipinski definition) is 1. The van der Waals surface area contributed by atoms with Gasteiger partial charge in [-0.2, -0.15) is 0 Å². The van der Waals surface area contributed by atoms with Crippen LogP contribution >= 0.6 is 11.3 Å². The third kappa shape index (κ3) is 2.42. The second kappa shape index (κ2) is 4.59. The van der Waals surface area contributed by atoms with Gasteiger partial charge in [0.2, 0.25) is 0 Å². The van der Waals surface area contributed by atoms with E-state index >= 15 is 0 Å². The molecular formula is C14H12FN3S. The molecule has 5 heteroatoms. The summed E-state index contributed by atoms with van der Waals surface area (Å²) in [6, 6.07) is 8.56. The van der Waals surface area contributed by atoms with E-state index in [4.69, 9.17) is 0 Å². The van der Waals surface area contributed by atoms with Crippen LogP contribution in [0.15, 0.2) is 30.3 Å². The highest BCUT2D eigenvalue weighted by molar-refractivity contribution is 7.22. The summed E-state index contributed by atoms with van der Waals surface area (Å²) in [6.45, 7) is 3.90. The number of nitrogens with zero attached hydrogens (tertiary/aromatic N) is 2. The second-order valence-electron chi connectivity index (χ2n) is 4.34. The smallest absolute Gasteiger partial charge is 0.188 e. The van der Waals surface area contributed by atoms with E-state index in [-0.39, 0.29) is 5.82 Å². The van der Waals surface area contributed by atoms with Gasteiger partial charge in [-0.05, 0) is 38.1 Å². The lowest BCUT2D eigenvalue weighted by Crippen LogP contribution is -1.95. The van der Waals surface area contributed by atoms with Gasteiger partial charge < -0.3 is 5.32 Å². The van der Waals surface area contributed by atoms with Crippen LogP contribution in [0.5, 0.6) is 0 Å². The largest absolute Gasteiger partial charge is 0.330 e. The second-order valence-corrected chi connectivity index (χ2v) is 5.37. The summed E-state index contributed by atoms with van der Waals surface area (Å²) >= 11 is 1.50. The van der Waals surface area contributed by atoms with Gasteiger partial charge in [0.25, 0.3) is 0 Å². The molecule has 0 unspecified atom stereocenters. The zero-order valence-electron chi connectivity index (χ0n) is 10.6. The van der Waals surface area contributed by atoms with Crippen LogP contribution in [0.1, 0.15) is 11.4 Å². The van der Waals surface area contributed by atoms with Crippen LogP contribution in [0.25, 0.3) is 10.2 Å². The Labute approximate surface area is 114 Å². The Morgan fingerprint density at radius 3 is 2.74 bits per heavy atom. The first-order valence-electron chi connectivity index (χ1n) is 5.89. The van der Waals surface area contributed by atoms with E-state index < -0.39 is 0 Å². The fraction of sp³-hybridized carbons (Fsp3) is 0.143. The van der Waals surface area contributed by atoms with Crippen LogP contribution in [0, 0.1) is 19.7 Å². The predicted molar refractivity (Wildman–Crippen MR) is 76.6 cm³/mol. The Bertz CT molecular complexity index is 752. The average Bonchev–Trinajstić information content (AvgIpc) is 2.74. The first-order valence-corrected chi connectivity index (χ1v) is 6.71. The highest BCUT2D eigenvalue weighted by Gasteiger charge is 2.07. The van der Waals surface area contributed by atoms with Gasteiger partial charge in [0.05, 0.1) is 21.6 Å². The van der Waals surface area contributed by atoms with Crippen LogP contribution in [0.2, 0.25) is 0 Å². The van der Waals surface area contributed by atoms with Crippen LogP contribution < -0.4 is 5.32 Å². The molecule has 3 nitrogen and oxygen atoms in total. The normalized spacial score (nSPS) is 10.9. The van der Waals surface area contributed by atoms with E-state index in [0.29, 0.717) is 5.52 Å². The van der Waals surface area contributed by atoms with Gasteiger partial charge in [-0.25, -0.2) is 9.37 Å². The fourth-order valence-electron chi connectivity index (χ4n) is 1.89. The lowest BCUT2D eigenvalue weighted by molar-refractivity contribution is 0.629. The molecule has 1 aromatic carbocycles. The van der Waals surface area contributed by atoms with Gasteiger partial charge in [0.15, 0.2) is 5.13 Å². The van der Waals surface area contributed by atoms with Crippen molar-refractivity contribution in [1.82, 2.24) is 9.97 Å². The Hall–Kier alpha value is -2.01. The molecule has 0 saturated carbocycles. The van der Waals surface area contributed by atoms with Crippen molar-refractivity contribution in [3.63, 3.8) is 0 Å². The molecule has 0 bridgehead atoms. The molecule has 3 rings (SSSR count). The van der Waals surface area contributed by atoms with Gasteiger partial charge in [-0.15, -0.1) is 0 Å². The van der Waals surface area contributed by atoms with E-state index in [1.807, 2.05) is 26.0 Å². The molecule has 0 aliphatic rings. The van der Waals surface area contributed by atoms with Crippen molar-refractivity contribution in [1.29, 1.82) is 0 Å². The van der Waals surface area contributed by atoms with Crippen molar-refractivity contribution in [2.75, 3.05) is 5.32 Å². The minimum absolute atomic E-state index is 0.266. The molecule has 0 amide bonds. The number of anilines is 2. The van der Waals surface area contributed by atoms with Crippen molar-refractivity contribution in [3.8, 4) is 0 Å². The highest BCUT2D eigenvalue weighted by atomic mass is 32.1. The van der Waals surface area contributed by atoms with Crippen molar-refractivity contribution in [2.45, 2.75) is 13.8 Å². The summed E-state index contributed by atoms with van der Waals surface area (Å²) in [4.78, 5) is 8.76. The average molecular weight is 273 g/mol. The van der Waals surface area contributed by atoms with Crippen molar-refractivity contribution < 1.29 is 4.39 Å². The summed E-state index contributed by atoms with van der Waals surface area (Å²) in [5, 5.41) is 3.98. The highest BCUT2D eigenvalue weighted by Crippen LogP contribution is 2.29. The lowest BCUT2D eigenvalue weighted by atomic mass is 10.3. The van der Waals surface area contributed by atoms with E-state index in [1.54, 1.807) is 6.07 Å². The Kier molecular flexibility index (Phi) is 2.91. The standard InChI is InChI=1S/C14H12FN3S/c1-8-3-5-11(9(2)16-8)17-14-18-12-7-10(15)4-6-13(12)19-14/h3-7H,1-2H3,(H,17,18). The molecule has 0 radical (unpaired) electrons. The molecule has 0 aliphatic carbocycles. The molecule has 0 aliphatic heterocycles. The number of aryl methyl sites for hydroxylation is 2. The van der Waals surface area contributed by atoms with E-state index in [2.05, 4.69) is 15.3 Å². The number of halogens is 1. The first-order chi connectivity index (χ1) is 9.11. The molecule has 0 saturated heterocycles. The number of pyridine rings is 1. The van der Waals surface area contributed by atoms with Gasteiger partial charge in [0.1, 0.15) is 5.82 Å². The summed E-state index contributed by atoms with van der Waals surface area (Å²) in [5.41, 5.74) is 3.50. The van der Waals surface area contributed by atoms with E-state index in [9.17, 15) is 4.39 Å². The molecule has 19 heavy (non-hydrogen) atoms. The van der Waals surface area contributed by atoms with Crippen molar-refractivity contribution in [3.05, 3.63) is 47.5 Å². The van der Waals surface area contributed by atoms with Crippen LogP contribution in [0.3, 0.4) is 0 Å². The van der Waals surface area contributed by atoms with E-state index in [1.165, 1.54) is 23.5 Å². The van der Waals surface area contributed by atoms with Gasteiger partial charge >= 0.3 is 0 Å². The zero-order chi connectivity index (χ0) is 13.4. The van der Waals surface area contributed by atoms with Crippen LogP contribution in [0.4, 0.5) is 15.2 Å². The number of aromatic nitrogens is 2. The molecule has 2 aromatic heterocycles. The van der Waals surface area contributed by atoms with Gasteiger partial charge in [0, 0.05) is 11.8 Å². The minimum atomic E-state index is -0.266. The summed E-state index contributed by atoms with van der Waals surface area (Å²) in [6.07, 6.45) is 0. The van der Waals surface area contributed by atoms with Gasteiger partial charge in [-0.3, -0.25) is 4.98 Å². The molecule has 0 atom stereocenters. The maximum atomic E-state index is 13.1. The molecule has 1 N–H and O–H groups in total. The number of nitrogens with one attached hydrogen (secondary N) is 1. The number of fused-ring (bicyclic) bond motifs is 1. The van der Waals surface area contributed by atoms with Crippen LogP contribution in [-0.2, 0) is 0 Å². The maximum Gasteiger partial charge on any atom is 0.188 e. The molecule has 96 valence electrons. The predicted octanol–water partition coefficient (Wildman–Crippen LogP) is 4.19. The van der Waals surface area contributed by atoms with Gasteiger partial charge in [-0.1, -0.05) is 11.3 Å². The maximum absolute atomic E-state index is 13.1. The summed E-state index contributed by atoms with van der Waals surface area (Å²) in [7, 11) is 0. The molecule has 3 aromatic rings. The zero-order valence-corrected chi connectivity index (χ0v) is 11.4. The number of hydrogen-bond acceptors (Lipinski definition) is 4. The SMILES string of the molecule is Cc1ccc(Nc2nc3cc(F)ccc3s2)c(C)n1. The number of benzene rings is 1. The lowest BCUT2D eigenvalue weighted by Gasteiger charge is -2.06.